The van der Waals surface area contributed by atoms with Crippen LogP contribution in [0, 0.1) is 5.92 Å². The lowest BCUT2D eigenvalue weighted by molar-refractivity contribution is -0.141. The van der Waals surface area contributed by atoms with Crippen LogP contribution in [-0.4, -0.2) is 45.9 Å². The maximum atomic E-state index is 10.3. The number of carboxylic acids is 2. The van der Waals surface area contributed by atoms with Crippen molar-refractivity contribution >= 4 is 30.5 Å². The minimum atomic E-state index is -1.06. The second-order valence-corrected chi connectivity index (χ2v) is 4.25. The highest BCUT2D eigenvalue weighted by Crippen LogP contribution is 1.96. The molecule has 0 aromatic rings. The Balaban J connectivity index is 0. The van der Waals surface area contributed by atoms with E-state index in [1.165, 1.54) is 6.92 Å². The number of nitrogens with one attached hydrogen (secondary N) is 1. The van der Waals surface area contributed by atoms with E-state index in [0.717, 1.165) is 0 Å². The number of aliphatic carboxylic acids is 2. The van der Waals surface area contributed by atoms with Crippen molar-refractivity contribution in [2.45, 2.75) is 32.9 Å². The third-order valence-electron chi connectivity index (χ3n) is 1.86. The number of thiol groups is 1. The molecule has 0 aromatic heterocycles. The number of hydrogen-bond donors (Lipinski definition) is 5. The highest BCUT2D eigenvalue weighted by molar-refractivity contribution is 7.80. The molecule has 106 valence electrons. The monoisotopic (exact) mass is 280 g/mol. The van der Waals surface area contributed by atoms with Gasteiger partial charge in [0.2, 0.25) is 5.91 Å². The SMILES string of the molecule is CC(=O)NC(CS)C(=O)O.CC(C)C(N)C(=O)O. The topological polar surface area (TPSA) is 130 Å². The summed E-state index contributed by atoms with van der Waals surface area (Å²) < 4.78 is 0. The quantitative estimate of drug-likeness (QED) is 0.434. The van der Waals surface area contributed by atoms with Gasteiger partial charge in [-0.2, -0.15) is 12.6 Å². The Kier molecular flexibility index (Phi) is 10.3. The summed E-state index contributed by atoms with van der Waals surface area (Å²) in [6.45, 7) is 4.82. The molecule has 0 aliphatic carbocycles. The summed E-state index contributed by atoms with van der Waals surface area (Å²) in [5.74, 6) is -2.23. The van der Waals surface area contributed by atoms with E-state index in [-0.39, 0.29) is 17.6 Å². The number of carbonyl (C=O) groups is 3. The fraction of sp³-hybridized carbons (Fsp3) is 0.700. The lowest BCUT2D eigenvalue weighted by Gasteiger charge is -2.08. The van der Waals surface area contributed by atoms with Crippen LogP contribution in [0.25, 0.3) is 0 Å². The van der Waals surface area contributed by atoms with E-state index in [9.17, 15) is 14.4 Å². The molecule has 0 fully saturated rings. The molecule has 0 aliphatic heterocycles. The van der Waals surface area contributed by atoms with E-state index in [1.807, 2.05) is 0 Å². The number of amides is 1. The van der Waals surface area contributed by atoms with Crippen LogP contribution in [-0.2, 0) is 14.4 Å². The first-order chi connectivity index (χ1) is 8.13. The zero-order valence-corrected chi connectivity index (χ0v) is 11.5. The van der Waals surface area contributed by atoms with E-state index in [4.69, 9.17) is 15.9 Å². The average Bonchev–Trinajstić information content (AvgIpc) is 2.24. The Hall–Kier alpha value is -1.28. The molecule has 2 atom stereocenters. The molecule has 8 heteroatoms. The van der Waals surface area contributed by atoms with Crippen molar-refractivity contribution in [3.05, 3.63) is 0 Å². The van der Waals surface area contributed by atoms with Crippen LogP contribution in [0.5, 0.6) is 0 Å². The maximum Gasteiger partial charge on any atom is 0.327 e. The van der Waals surface area contributed by atoms with Crippen molar-refractivity contribution in [1.29, 1.82) is 0 Å². The third kappa shape index (κ3) is 9.91. The summed E-state index contributed by atoms with van der Waals surface area (Å²) in [4.78, 5) is 30.5. The summed E-state index contributed by atoms with van der Waals surface area (Å²) in [6.07, 6.45) is 0. The average molecular weight is 280 g/mol. The zero-order chi connectivity index (χ0) is 14.9. The van der Waals surface area contributed by atoms with Gasteiger partial charge in [0.15, 0.2) is 0 Å². The van der Waals surface area contributed by atoms with Crippen LogP contribution in [0.4, 0.5) is 0 Å². The Morgan fingerprint density at radius 1 is 1.22 bits per heavy atom. The van der Waals surface area contributed by atoms with Crippen LogP contribution >= 0.6 is 12.6 Å². The van der Waals surface area contributed by atoms with E-state index in [2.05, 4.69) is 17.9 Å². The van der Waals surface area contributed by atoms with Crippen molar-refractivity contribution in [2.24, 2.45) is 11.7 Å². The molecule has 0 heterocycles. The Morgan fingerprint density at radius 2 is 1.67 bits per heavy atom. The first kappa shape index (κ1) is 19.1. The Labute approximate surface area is 111 Å². The zero-order valence-electron chi connectivity index (χ0n) is 10.6. The smallest absolute Gasteiger partial charge is 0.327 e. The molecular weight excluding hydrogens is 260 g/mol. The fourth-order valence-electron chi connectivity index (χ4n) is 0.716. The molecule has 0 saturated heterocycles. The van der Waals surface area contributed by atoms with Crippen LogP contribution in [0.1, 0.15) is 20.8 Å². The van der Waals surface area contributed by atoms with Gasteiger partial charge in [0, 0.05) is 12.7 Å². The van der Waals surface area contributed by atoms with Gasteiger partial charge in [-0.25, -0.2) is 4.79 Å². The predicted octanol–water partition coefficient (Wildman–Crippen LogP) is -0.440. The summed E-state index contributed by atoms with van der Waals surface area (Å²) in [7, 11) is 0. The lowest BCUT2D eigenvalue weighted by atomic mass is 10.1. The van der Waals surface area contributed by atoms with Crippen molar-refractivity contribution < 1.29 is 24.6 Å². The molecule has 0 aromatic carbocycles. The van der Waals surface area contributed by atoms with Gasteiger partial charge in [0.05, 0.1) is 0 Å². The number of nitrogens with two attached hydrogens (primary N) is 1. The molecule has 0 radical (unpaired) electrons. The summed E-state index contributed by atoms with van der Waals surface area (Å²) in [5, 5.41) is 18.8. The Bertz CT molecular complexity index is 296. The largest absolute Gasteiger partial charge is 0.480 e. The number of rotatable bonds is 5. The molecular formula is C10H20N2O5S. The summed E-state index contributed by atoms with van der Waals surface area (Å²) >= 11 is 3.73. The van der Waals surface area contributed by atoms with Gasteiger partial charge >= 0.3 is 11.9 Å². The van der Waals surface area contributed by atoms with E-state index in [0.29, 0.717) is 0 Å². The van der Waals surface area contributed by atoms with Gasteiger partial charge in [0.25, 0.3) is 0 Å². The van der Waals surface area contributed by atoms with Crippen molar-refractivity contribution in [3.63, 3.8) is 0 Å². The highest BCUT2D eigenvalue weighted by atomic mass is 32.1. The van der Waals surface area contributed by atoms with Crippen molar-refractivity contribution in [1.82, 2.24) is 5.32 Å². The Morgan fingerprint density at radius 3 is 1.72 bits per heavy atom. The minimum Gasteiger partial charge on any atom is -0.480 e. The van der Waals surface area contributed by atoms with Crippen LogP contribution in [0.15, 0.2) is 0 Å². The van der Waals surface area contributed by atoms with Gasteiger partial charge in [-0.1, -0.05) is 13.8 Å². The van der Waals surface area contributed by atoms with Gasteiger partial charge < -0.3 is 21.3 Å². The molecule has 0 spiro atoms. The van der Waals surface area contributed by atoms with E-state index in [1.54, 1.807) is 13.8 Å². The van der Waals surface area contributed by atoms with Gasteiger partial charge in [-0.15, -0.1) is 0 Å². The number of carboxylic acid groups (broad SMARTS) is 2. The maximum absolute atomic E-state index is 10.3. The molecule has 18 heavy (non-hydrogen) atoms. The summed E-state index contributed by atoms with van der Waals surface area (Å²) in [5.41, 5.74) is 5.16. The first-order valence-corrected chi connectivity index (χ1v) is 5.85. The predicted molar refractivity (Wildman–Crippen MR) is 69.5 cm³/mol. The van der Waals surface area contributed by atoms with E-state index >= 15 is 0 Å². The van der Waals surface area contributed by atoms with Crippen LogP contribution < -0.4 is 11.1 Å². The molecule has 0 bridgehead atoms. The third-order valence-corrected chi connectivity index (χ3v) is 2.23. The number of carbonyl (C=O) groups excluding carboxylic acids is 1. The first-order valence-electron chi connectivity index (χ1n) is 5.22. The minimum absolute atomic E-state index is 0.0208. The summed E-state index contributed by atoms with van der Waals surface area (Å²) in [6, 6.07) is -1.59. The highest BCUT2D eigenvalue weighted by Gasteiger charge is 2.15. The van der Waals surface area contributed by atoms with E-state index < -0.39 is 24.0 Å². The molecule has 0 aliphatic rings. The van der Waals surface area contributed by atoms with Crippen LogP contribution in [0.2, 0.25) is 0 Å². The van der Waals surface area contributed by atoms with Crippen molar-refractivity contribution in [2.75, 3.05) is 5.75 Å². The normalized spacial score (nSPS) is 13.0. The molecule has 1 amide bonds. The van der Waals surface area contributed by atoms with Crippen LogP contribution in [0.3, 0.4) is 0 Å². The number of hydrogen-bond acceptors (Lipinski definition) is 5. The standard InChI is InChI=1S/C5H9NO3S.C5H11NO2/c1-3(7)6-4(2-10)5(8)9;1-3(2)4(6)5(7)8/h4,10H,2H2,1H3,(H,6,7)(H,8,9);3-4H,6H2,1-2H3,(H,7,8). The van der Waals surface area contributed by atoms with Gasteiger partial charge in [-0.3, -0.25) is 9.59 Å². The lowest BCUT2D eigenvalue weighted by Crippen LogP contribution is -2.40. The molecule has 2 unspecified atom stereocenters. The van der Waals surface area contributed by atoms with Gasteiger partial charge in [-0.05, 0) is 5.92 Å². The van der Waals surface area contributed by atoms with Gasteiger partial charge in [0.1, 0.15) is 12.1 Å². The molecule has 0 rings (SSSR count). The molecule has 7 nitrogen and oxygen atoms in total. The molecule has 0 saturated carbocycles. The fourth-order valence-corrected chi connectivity index (χ4v) is 0.963. The second-order valence-electron chi connectivity index (χ2n) is 3.88. The van der Waals surface area contributed by atoms with Crippen molar-refractivity contribution in [3.8, 4) is 0 Å². The second kappa shape index (κ2) is 9.72. The molecule has 5 N–H and O–H groups in total.